The van der Waals surface area contributed by atoms with E-state index in [0.717, 1.165) is 23.8 Å². The molecule has 1 fully saturated rings. The van der Waals surface area contributed by atoms with Crippen LogP contribution in [0.5, 0.6) is 0 Å². The second-order valence-corrected chi connectivity index (χ2v) is 10.6. The van der Waals surface area contributed by atoms with Crippen LogP contribution >= 0.6 is 11.8 Å². The molecular weight excluding hydrogens is 418 g/mol. The van der Waals surface area contributed by atoms with Gasteiger partial charge in [0.05, 0.1) is 11.7 Å². The molecule has 2 aromatic heterocycles. The Hall–Kier alpha value is -2.32. The monoisotopic (exact) mass is 449 g/mol. The molecule has 1 unspecified atom stereocenters. The molecule has 0 aliphatic heterocycles. The van der Waals surface area contributed by atoms with Crippen LogP contribution in [0.3, 0.4) is 0 Å². The molecule has 3 aromatic rings. The molecule has 1 aromatic carbocycles. The average Bonchev–Trinajstić information content (AvgIpc) is 3.18. The molecule has 2 heterocycles. The number of aromatic nitrogens is 5. The van der Waals surface area contributed by atoms with Gasteiger partial charge in [0.1, 0.15) is 5.03 Å². The minimum atomic E-state index is 0.323. The second-order valence-electron chi connectivity index (χ2n) is 9.65. The number of aromatic amines is 1. The van der Waals surface area contributed by atoms with E-state index in [9.17, 15) is 0 Å². The maximum atomic E-state index is 4.90. The van der Waals surface area contributed by atoms with Gasteiger partial charge in [0.25, 0.3) is 0 Å². The molecule has 0 amide bonds. The fourth-order valence-electron chi connectivity index (χ4n) is 5.15. The SMILES string of the molecule is CC(c1cc(Sc2n[nH]c(Nc3c4c(cc5c3CCC5)CCC4)n2)nn1C1CC1)N(C)C. The summed E-state index contributed by atoms with van der Waals surface area (Å²) in [4.78, 5) is 6.99. The number of rotatable bonds is 7. The van der Waals surface area contributed by atoms with E-state index in [1.807, 2.05) is 0 Å². The van der Waals surface area contributed by atoms with Gasteiger partial charge in [-0.15, -0.1) is 5.10 Å². The fourth-order valence-corrected chi connectivity index (χ4v) is 5.87. The predicted octanol–water partition coefficient (Wildman–Crippen LogP) is 4.83. The Kier molecular flexibility index (Phi) is 5.02. The van der Waals surface area contributed by atoms with Crippen LogP contribution in [0.2, 0.25) is 0 Å². The zero-order chi connectivity index (χ0) is 21.8. The van der Waals surface area contributed by atoms with Crippen LogP contribution in [0.15, 0.2) is 22.3 Å². The smallest absolute Gasteiger partial charge is 0.224 e. The Labute approximate surface area is 193 Å². The molecule has 3 aliphatic carbocycles. The summed E-state index contributed by atoms with van der Waals surface area (Å²) in [6.45, 7) is 2.23. The molecular formula is C24H31N7S. The first-order valence-corrected chi connectivity index (χ1v) is 12.7. The van der Waals surface area contributed by atoms with Crippen molar-refractivity contribution in [1.29, 1.82) is 0 Å². The van der Waals surface area contributed by atoms with E-state index >= 15 is 0 Å². The summed E-state index contributed by atoms with van der Waals surface area (Å²) in [6.07, 6.45) is 9.67. The zero-order valence-corrected chi connectivity index (χ0v) is 19.9. The first-order valence-electron chi connectivity index (χ1n) is 11.9. The highest BCUT2D eigenvalue weighted by atomic mass is 32.2. The Balaban J connectivity index is 1.24. The van der Waals surface area contributed by atoms with E-state index in [-0.39, 0.29) is 0 Å². The zero-order valence-electron chi connectivity index (χ0n) is 19.1. The Morgan fingerprint density at radius 3 is 2.47 bits per heavy atom. The average molecular weight is 450 g/mol. The number of fused-ring (bicyclic) bond motifs is 2. The summed E-state index contributed by atoms with van der Waals surface area (Å²) < 4.78 is 2.22. The molecule has 0 saturated heterocycles. The normalized spacial score (nSPS) is 18.2. The van der Waals surface area contributed by atoms with Crippen LogP contribution in [0.25, 0.3) is 0 Å². The molecule has 168 valence electrons. The van der Waals surface area contributed by atoms with Crippen LogP contribution in [0, 0.1) is 0 Å². The van der Waals surface area contributed by atoms with Gasteiger partial charge in [0.15, 0.2) is 0 Å². The summed E-state index contributed by atoms with van der Waals surface area (Å²) in [7, 11) is 4.23. The predicted molar refractivity (Wildman–Crippen MR) is 127 cm³/mol. The number of hydrogen-bond donors (Lipinski definition) is 2. The van der Waals surface area contributed by atoms with Crippen molar-refractivity contribution in [2.24, 2.45) is 0 Å². The van der Waals surface area contributed by atoms with Gasteiger partial charge in [0.2, 0.25) is 11.1 Å². The number of aryl methyl sites for hydroxylation is 2. The highest BCUT2D eigenvalue weighted by Crippen LogP contribution is 2.41. The molecule has 8 heteroatoms. The summed E-state index contributed by atoms with van der Waals surface area (Å²) in [5.74, 6) is 0.727. The molecule has 32 heavy (non-hydrogen) atoms. The lowest BCUT2D eigenvalue weighted by molar-refractivity contribution is 0.303. The maximum absolute atomic E-state index is 4.90. The second kappa shape index (κ2) is 7.92. The fraction of sp³-hybridized carbons (Fsp3) is 0.542. The van der Waals surface area contributed by atoms with E-state index in [2.05, 4.69) is 58.2 Å². The van der Waals surface area contributed by atoms with Gasteiger partial charge in [-0.3, -0.25) is 4.68 Å². The van der Waals surface area contributed by atoms with E-state index < -0.39 is 0 Å². The number of anilines is 2. The topological polar surface area (TPSA) is 74.7 Å². The molecule has 0 spiro atoms. The van der Waals surface area contributed by atoms with Crippen LogP contribution in [0.4, 0.5) is 11.6 Å². The van der Waals surface area contributed by atoms with Crippen molar-refractivity contribution in [2.75, 3.05) is 19.4 Å². The van der Waals surface area contributed by atoms with Crippen molar-refractivity contribution < 1.29 is 0 Å². The third-order valence-corrected chi connectivity index (χ3v) is 7.99. The van der Waals surface area contributed by atoms with Crippen molar-refractivity contribution in [2.45, 2.75) is 80.6 Å². The number of nitrogens with one attached hydrogen (secondary N) is 2. The Bertz CT molecular complexity index is 1130. The minimum absolute atomic E-state index is 0.323. The molecule has 1 saturated carbocycles. The lowest BCUT2D eigenvalue weighted by Gasteiger charge is -2.20. The van der Waals surface area contributed by atoms with Gasteiger partial charge in [-0.05, 0) is 112 Å². The van der Waals surface area contributed by atoms with Gasteiger partial charge in [-0.2, -0.15) is 10.1 Å². The van der Waals surface area contributed by atoms with Crippen molar-refractivity contribution in [1.82, 2.24) is 29.9 Å². The van der Waals surface area contributed by atoms with Crippen molar-refractivity contribution in [3.63, 3.8) is 0 Å². The highest BCUT2D eigenvalue weighted by Gasteiger charge is 2.30. The number of benzene rings is 1. The van der Waals surface area contributed by atoms with E-state index in [1.54, 1.807) is 0 Å². The van der Waals surface area contributed by atoms with Crippen LogP contribution < -0.4 is 5.32 Å². The molecule has 3 aliphatic rings. The Morgan fingerprint density at radius 1 is 1.09 bits per heavy atom. The quantitative estimate of drug-likeness (QED) is 0.538. The number of H-pyrrole nitrogens is 1. The summed E-state index contributed by atoms with van der Waals surface area (Å²) in [6, 6.07) is 5.53. The largest absolute Gasteiger partial charge is 0.324 e. The van der Waals surface area contributed by atoms with Crippen molar-refractivity contribution in [3.05, 3.63) is 40.1 Å². The summed E-state index contributed by atoms with van der Waals surface area (Å²) in [5.41, 5.74) is 8.58. The Morgan fingerprint density at radius 2 is 1.81 bits per heavy atom. The molecule has 0 radical (unpaired) electrons. The molecule has 0 bridgehead atoms. The third kappa shape index (κ3) is 3.63. The van der Waals surface area contributed by atoms with Gasteiger partial charge in [0, 0.05) is 11.7 Å². The van der Waals surface area contributed by atoms with E-state index in [4.69, 9.17) is 10.1 Å². The lowest BCUT2D eigenvalue weighted by atomic mass is 9.99. The third-order valence-electron chi connectivity index (χ3n) is 7.21. The number of nitrogens with zero attached hydrogens (tertiary/aromatic N) is 5. The standard InChI is InChI=1S/C24H31N7S/c1-14(30(2)3)20-13-21(29-31(20)17-10-11-17)32-24-26-23(27-28-24)25-22-18-8-4-6-15(18)12-16-7-5-9-19(16)22/h12-14,17H,4-11H2,1-3H3,(H2,25,26,27,28). The van der Waals surface area contributed by atoms with Crippen molar-refractivity contribution >= 4 is 23.4 Å². The van der Waals surface area contributed by atoms with Gasteiger partial charge >= 0.3 is 0 Å². The van der Waals surface area contributed by atoms with Crippen molar-refractivity contribution in [3.8, 4) is 0 Å². The molecule has 6 rings (SSSR count). The number of hydrogen-bond acceptors (Lipinski definition) is 6. The van der Waals surface area contributed by atoms with Crippen LogP contribution in [-0.2, 0) is 25.7 Å². The minimum Gasteiger partial charge on any atom is -0.324 e. The molecule has 1 atom stereocenters. The maximum Gasteiger partial charge on any atom is 0.224 e. The molecule has 2 N–H and O–H groups in total. The first-order chi connectivity index (χ1) is 15.6. The lowest BCUT2D eigenvalue weighted by Crippen LogP contribution is -2.20. The van der Waals surface area contributed by atoms with Crippen LogP contribution in [0.1, 0.15) is 72.6 Å². The van der Waals surface area contributed by atoms with E-state index in [1.165, 1.54) is 83.9 Å². The summed E-state index contributed by atoms with van der Waals surface area (Å²) >= 11 is 1.54. The van der Waals surface area contributed by atoms with E-state index in [0.29, 0.717) is 17.2 Å². The van der Waals surface area contributed by atoms with Gasteiger partial charge < -0.3 is 10.2 Å². The van der Waals surface area contributed by atoms with Gasteiger partial charge in [-0.1, -0.05) is 6.07 Å². The summed E-state index contributed by atoms with van der Waals surface area (Å²) in [5, 5.41) is 17.8. The highest BCUT2D eigenvalue weighted by molar-refractivity contribution is 7.99. The first kappa shape index (κ1) is 20.3. The van der Waals surface area contributed by atoms with Crippen LogP contribution in [-0.4, -0.2) is 44.0 Å². The van der Waals surface area contributed by atoms with Gasteiger partial charge in [-0.25, -0.2) is 5.10 Å². The molecule has 7 nitrogen and oxygen atoms in total.